The van der Waals surface area contributed by atoms with Gasteiger partial charge in [-0.1, -0.05) is 0 Å². The highest BCUT2D eigenvalue weighted by molar-refractivity contribution is 5.88. The molecule has 0 atom stereocenters. The van der Waals surface area contributed by atoms with Crippen LogP contribution in [0.15, 0.2) is 30.5 Å². The molecule has 3 heterocycles. The van der Waals surface area contributed by atoms with E-state index in [4.69, 9.17) is 19.4 Å². The van der Waals surface area contributed by atoms with Crippen molar-refractivity contribution < 1.29 is 9.47 Å². The Balaban J connectivity index is 1.83. The number of fused-ring (bicyclic) bond motifs is 1. The SMILES string of the molecule is COCc1nc(N2CCNCC2)c2cnn(-c3ccc(OC)cc3)c2n1. The number of hydrogen-bond donors (Lipinski definition) is 1. The third-order valence-corrected chi connectivity index (χ3v) is 4.46. The Bertz CT molecular complexity index is 887. The predicted molar refractivity (Wildman–Crippen MR) is 99.0 cm³/mol. The number of hydrogen-bond acceptors (Lipinski definition) is 7. The highest BCUT2D eigenvalue weighted by atomic mass is 16.5. The summed E-state index contributed by atoms with van der Waals surface area (Å²) in [5, 5.41) is 8.89. The number of nitrogens with zero attached hydrogens (tertiary/aromatic N) is 5. The number of methoxy groups -OCH3 is 2. The monoisotopic (exact) mass is 354 g/mol. The lowest BCUT2D eigenvalue weighted by Crippen LogP contribution is -2.44. The highest BCUT2D eigenvalue weighted by Gasteiger charge is 2.20. The van der Waals surface area contributed by atoms with Gasteiger partial charge >= 0.3 is 0 Å². The van der Waals surface area contributed by atoms with Crippen LogP contribution < -0.4 is 15.0 Å². The van der Waals surface area contributed by atoms with Crippen molar-refractivity contribution in [2.75, 3.05) is 45.3 Å². The number of ether oxygens (including phenoxy) is 2. The molecule has 1 saturated heterocycles. The molecule has 0 unspecified atom stereocenters. The summed E-state index contributed by atoms with van der Waals surface area (Å²) in [6.07, 6.45) is 1.84. The maximum atomic E-state index is 5.27. The van der Waals surface area contributed by atoms with Crippen molar-refractivity contribution >= 4 is 16.9 Å². The lowest BCUT2D eigenvalue weighted by atomic mass is 10.3. The van der Waals surface area contributed by atoms with Crippen LogP contribution in [0.2, 0.25) is 0 Å². The van der Waals surface area contributed by atoms with Gasteiger partial charge in [0.15, 0.2) is 11.5 Å². The van der Waals surface area contributed by atoms with Gasteiger partial charge in [-0.15, -0.1) is 0 Å². The maximum absolute atomic E-state index is 5.27. The number of nitrogens with one attached hydrogen (secondary N) is 1. The summed E-state index contributed by atoms with van der Waals surface area (Å²) in [6, 6.07) is 7.76. The summed E-state index contributed by atoms with van der Waals surface area (Å²) in [6.45, 7) is 4.07. The zero-order valence-electron chi connectivity index (χ0n) is 15.0. The van der Waals surface area contributed by atoms with Gasteiger partial charge < -0.3 is 19.7 Å². The zero-order chi connectivity index (χ0) is 17.9. The van der Waals surface area contributed by atoms with Crippen LogP contribution in [0.1, 0.15) is 5.82 Å². The summed E-state index contributed by atoms with van der Waals surface area (Å²) in [5.41, 5.74) is 1.71. The summed E-state index contributed by atoms with van der Waals surface area (Å²) in [5.74, 6) is 2.38. The van der Waals surface area contributed by atoms with E-state index < -0.39 is 0 Å². The first-order valence-electron chi connectivity index (χ1n) is 8.64. The normalized spacial score (nSPS) is 14.8. The standard InChI is InChI=1S/C18H22N6O2/c1-25-12-16-21-17(23-9-7-19-8-10-23)15-11-20-24(18(15)22-16)13-3-5-14(26-2)6-4-13/h3-6,11,19H,7-10,12H2,1-2H3. The fourth-order valence-electron chi connectivity index (χ4n) is 3.16. The van der Waals surface area contributed by atoms with Crippen molar-refractivity contribution in [3.63, 3.8) is 0 Å². The van der Waals surface area contributed by atoms with Gasteiger partial charge in [0, 0.05) is 33.3 Å². The van der Waals surface area contributed by atoms with Crippen molar-refractivity contribution in [1.82, 2.24) is 25.1 Å². The molecule has 0 bridgehead atoms. The quantitative estimate of drug-likeness (QED) is 0.742. The molecule has 136 valence electrons. The number of benzene rings is 1. The Morgan fingerprint density at radius 1 is 1.08 bits per heavy atom. The summed E-state index contributed by atoms with van der Waals surface area (Å²) in [7, 11) is 3.31. The summed E-state index contributed by atoms with van der Waals surface area (Å²) in [4.78, 5) is 11.7. The highest BCUT2D eigenvalue weighted by Crippen LogP contribution is 2.27. The van der Waals surface area contributed by atoms with E-state index in [0.717, 1.165) is 54.5 Å². The average molecular weight is 354 g/mol. The zero-order valence-corrected chi connectivity index (χ0v) is 15.0. The molecule has 1 aliphatic rings. The number of rotatable bonds is 5. The Labute approximate surface area is 151 Å². The van der Waals surface area contributed by atoms with Crippen molar-refractivity contribution in [2.24, 2.45) is 0 Å². The minimum atomic E-state index is 0.364. The molecule has 0 radical (unpaired) electrons. The van der Waals surface area contributed by atoms with Crippen LogP contribution in [0, 0.1) is 0 Å². The largest absolute Gasteiger partial charge is 0.497 e. The predicted octanol–water partition coefficient (Wildman–Crippen LogP) is 1.38. The first kappa shape index (κ1) is 16.7. The van der Waals surface area contributed by atoms with E-state index in [2.05, 4.69) is 15.3 Å². The van der Waals surface area contributed by atoms with Crippen LogP contribution in [0.5, 0.6) is 5.75 Å². The van der Waals surface area contributed by atoms with Crippen molar-refractivity contribution in [3.8, 4) is 11.4 Å². The van der Waals surface area contributed by atoms with Crippen molar-refractivity contribution in [2.45, 2.75) is 6.61 Å². The first-order chi connectivity index (χ1) is 12.8. The molecule has 0 aliphatic carbocycles. The molecule has 0 amide bonds. The van der Waals surface area contributed by atoms with E-state index in [1.54, 1.807) is 14.2 Å². The van der Waals surface area contributed by atoms with Crippen molar-refractivity contribution in [3.05, 3.63) is 36.3 Å². The van der Waals surface area contributed by atoms with E-state index >= 15 is 0 Å². The molecule has 0 spiro atoms. The average Bonchev–Trinajstić information content (AvgIpc) is 3.12. The lowest BCUT2D eigenvalue weighted by Gasteiger charge is -2.29. The van der Waals surface area contributed by atoms with Crippen LogP contribution in [-0.4, -0.2) is 60.1 Å². The Morgan fingerprint density at radius 3 is 2.54 bits per heavy atom. The van der Waals surface area contributed by atoms with Gasteiger partial charge in [0.25, 0.3) is 0 Å². The maximum Gasteiger partial charge on any atom is 0.168 e. The van der Waals surface area contributed by atoms with Crippen LogP contribution in [0.4, 0.5) is 5.82 Å². The van der Waals surface area contributed by atoms with Crippen LogP contribution in [-0.2, 0) is 11.3 Å². The van der Waals surface area contributed by atoms with Crippen molar-refractivity contribution in [1.29, 1.82) is 0 Å². The molecule has 1 aromatic carbocycles. The van der Waals surface area contributed by atoms with E-state index in [1.165, 1.54) is 0 Å². The van der Waals surface area contributed by atoms with E-state index in [1.807, 2.05) is 35.1 Å². The minimum Gasteiger partial charge on any atom is -0.497 e. The third-order valence-electron chi connectivity index (χ3n) is 4.46. The van der Waals surface area contributed by atoms with E-state index in [9.17, 15) is 0 Å². The summed E-state index contributed by atoms with van der Waals surface area (Å²) < 4.78 is 12.3. The fraction of sp³-hybridized carbons (Fsp3) is 0.389. The van der Waals surface area contributed by atoms with Crippen LogP contribution >= 0.6 is 0 Å². The summed E-state index contributed by atoms with van der Waals surface area (Å²) >= 11 is 0. The van der Waals surface area contributed by atoms with Crippen LogP contribution in [0.3, 0.4) is 0 Å². The second-order valence-corrected chi connectivity index (χ2v) is 6.13. The number of piperazine rings is 1. The Hall–Kier alpha value is -2.71. The van der Waals surface area contributed by atoms with Crippen LogP contribution in [0.25, 0.3) is 16.7 Å². The molecule has 26 heavy (non-hydrogen) atoms. The first-order valence-corrected chi connectivity index (χ1v) is 8.64. The molecule has 4 rings (SSSR count). The molecule has 0 saturated carbocycles. The molecule has 2 aromatic heterocycles. The molecule has 1 N–H and O–H groups in total. The number of anilines is 1. The topological polar surface area (TPSA) is 77.3 Å². The molecule has 8 heteroatoms. The van der Waals surface area contributed by atoms with Gasteiger partial charge in [0.2, 0.25) is 0 Å². The number of aromatic nitrogens is 4. The molecule has 1 fully saturated rings. The van der Waals surface area contributed by atoms with Gasteiger partial charge in [-0.05, 0) is 24.3 Å². The van der Waals surface area contributed by atoms with Gasteiger partial charge in [-0.3, -0.25) is 0 Å². The molecule has 1 aliphatic heterocycles. The lowest BCUT2D eigenvalue weighted by molar-refractivity contribution is 0.178. The minimum absolute atomic E-state index is 0.364. The van der Waals surface area contributed by atoms with E-state index in [-0.39, 0.29) is 0 Å². The van der Waals surface area contributed by atoms with Gasteiger partial charge in [0.05, 0.1) is 24.4 Å². The van der Waals surface area contributed by atoms with Gasteiger partial charge in [-0.25, -0.2) is 14.6 Å². The smallest absolute Gasteiger partial charge is 0.168 e. The fourth-order valence-corrected chi connectivity index (χ4v) is 3.16. The second-order valence-electron chi connectivity index (χ2n) is 6.13. The second kappa shape index (κ2) is 7.27. The van der Waals surface area contributed by atoms with E-state index in [0.29, 0.717) is 12.4 Å². The molecular formula is C18H22N6O2. The molecular weight excluding hydrogens is 332 g/mol. The molecule has 3 aromatic rings. The Kier molecular flexibility index (Phi) is 4.68. The molecule has 8 nitrogen and oxygen atoms in total. The third kappa shape index (κ3) is 3.09. The Morgan fingerprint density at radius 2 is 1.85 bits per heavy atom. The van der Waals surface area contributed by atoms with Gasteiger partial charge in [0.1, 0.15) is 18.2 Å². The van der Waals surface area contributed by atoms with Gasteiger partial charge in [-0.2, -0.15) is 5.10 Å².